The molecular formula is C15H20N2. The van der Waals surface area contributed by atoms with Crippen LogP contribution < -0.4 is 5.32 Å². The van der Waals surface area contributed by atoms with Gasteiger partial charge in [-0.15, -0.1) is 0 Å². The van der Waals surface area contributed by atoms with Crippen LogP contribution in [0.4, 0.5) is 0 Å². The number of hydrogen-bond donors (Lipinski definition) is 1. The minimum atomic E-state index is 0.913. The molecule has 90 valence electrons. The molecule has 0 bridgehead atoms. The van der Waals surface area contributed by atoms with E-state index in [2.05, 4.69) is 67.2 Å². The quantitative estimate of drug-likeness (QED) is 0.850. The highest BCUT2D eigenvalue weighted by molar-refractivity contribution is 5.41. The molecule has 1 aromatic carbocycles. The summed E-state index contributed by atoms with van der Waals surface area (Å²) in [4.78, 5) is 0. The van der Waals surface area contributed by atoms with Crippen LogP contribution in [-0.2, 0) is 6.54 Å². The van der Waals surface area contributed by atoms with Gasteiger partial charge in [-0.25, -0.2) is 0 Å². The molecule has 0 spiro atoms. The molecule has 0 aliphatic carbocycles. The SMILES string of the molecule is CCNCc1cccn1-c1cc(C)cc(C)c1. The summed E-state index contributed by atoms with van der Waals surface area (Å²) in [7, 11) is 0. The van der Waals surface area contributed by atoms with Gasteiger partial charge in [0.2, 0.25) is 0 Å². The lowest BCUT2D eigenvalue weighted by Crippen LogP contribution is -2.14. The van der Waals surface area contributed by atoms with Gasteiger partial charge in [0.25, 0.3) is 0 Å². The highest BCUT2D eigenvalue weighted by Crippen LogP contribution is 2.16. The number of hydrogen-bond acceptors (Lipinski definition) is 1. The van der Waals surface area contributed by atoms with E-state index in [-0.39, 0.29) is 0 Å². The van der Waals surface area contributed by atoms with Crippen molar-refractivity contribution in [3.63, 3.8) is 0 Å². The normalized spacial score (nSPS) is 10.8. The molecule has 0 saturated heterocycles. The Bertz CT molecular complexity index is 477. The number of aryl methyl sites for hydroxylation is 2. The Morgan fingerprint density at radius 3 is 2.47 bits per heavy atom. The van der Waals surface area contributed by atoms with E-state index in [1.54, 1.807) is 0 Å². The van der Waals surface area contributed by atoms with E-state index in [1.165, 1.54) is 22.5 Å². The first-order chi connectivity index (χ1) is 8.20. The molecule has 0 fully saturated rings. The molecule has 17 heavy (non-hydrogen) atoms. The van der Waals surface area contributed by atoms with E-state index in [0.717, 1.165) is 13.1 Å². The van der Waals surface area contributed by atoms with Crippen LogP contribution in [0.2, 0.25) is 0 Å². The van der Waals surface area contributed by atoms with Crippen LogP contribution in [0.25, 0.3) is 5.69 Å². The first-order valence-corrected chi connectivity index (χ1v) is 6.16. The Kier molecular flexibility index (Phi) is 3.64. The van der Waals surface area contributed by atoms with Gasteiger partial charge in [-0.2, -0.15) is 0 Å². The van der Waals surface area contributed by atoms with Gasteiger partial charge in [0.15, 0.2) is 0 Å². The lowest BCUT2D eigenvalue weighted by molar-refractivity contribution is 0.698. The fraction of sp³-hybridized carbons (Fsp3) is 0.333. The highest BCUT2D eigenvalue weighted by Gasteiger charge is 2.03. The average molecular weight is 228 g/mol. The molecule has 0 aliphatic rings. The van der Waals surface area contributed by atoms with Crippen LogP contribution in [0.1, 0.15) is 23.7 Å². The molecule has 1 heterocycles. The predicted octanol–water partition coefficient (Wildman–Crippen LogP) is 3.20. The van der Waals surface area contributed by atoms with Crippen molar-refractivity contribution in [3.8, 4) is 5.69 Å². The van der Waals surface area contributed by atoms with E-state index in [1.807, 2.05) is 0 Å². The molecule has 0 atom stereocenters. The van der Waals surface area contributed by atoms with Crippen molar-refractivity contribution in [1.29, 1.82) is 0 Å². The van der Waals surface area contributed by atoms with Crippen molar-refractivity contribution in [2.45, 2.75) is 27.3 Å². The zero-order chi connectivity index (χ0) is 12.3. The minimum absolute atomic E-state index is 0.913. The van der Waals surface area contributed by atoms with Gasteiger partial charge < -0.3 is 9.88 Å². The van der Waals surface area contributed by atoms with E-state index in [0.29, 0.717) is 0 Å². The van der Waals surface area contributed by atoms with Gasteiger partial charge in [-0.3, -0.25) is 0 Å². The number of benzene rings is 1. The zero-order valence-electron chi connectivity index (χ0n) is 10.8. The van der Waals surface area contributed by atoms with Gasteiger partial charge in [-0.1, -0.05) is 13.0 Å². The molecule has 0 amide bonds. The topological polar surface area (TPSA) is 17.0 Å². The Morgan fingerprint density at radius 2 is 1.82 bits per heavy atom. The summed E-state index contributed by atoms with van der Waals surface area (Å²) in [6.45, 7) is 8.33. The molecule has 2 nitrogen and oxygen atoms in total. The lowest BCUT2D eigenvalue weighted by atomic mass is 10.1. The van der Waals surface area contributed by atoms with Crippen molar-refractivity contribution >= 4 is 0 Å². The molecule has 0 unspecified atom stereocenters. The fourth-order valence-corrected chi connectivity index (χ4v) is 2.15. The first kappa shape index (κ1) is 11.9. The number of aromatic nitrogens is 1. The first-order valence-electron chi connectivity index (χ1n) is 6.16. The molecular weight excluding hydrogens is 208 g/mol. The summed E-state index contributed by atoms with van der Waals surface area (Å²) in [5.74, 6) is 0. The lowest BCUT2D eigenvalue weighted by Gasteiger charge is -2.11. The van der Waals surface area contributed by atoms with Gasteiger partial charge in [0, 0.05) is 24.1 Å². The number of nitrogens with zero attached hydrogens (tertiary/aromatic N) is 1. The summed E-state index contributed by atoms with van der Waals surface area (Å²) in [6, 6.07) is 10.9. The second-order valence-electron chi connectivity index (χ2n) is 4.50. The van der Waals surface area contributed by atoms with Crippen molar-refractivity contribution < 1.29 is 0 Å². The Labute approximate surface area is 103 Å². The Hall–Kier alpha value is -1.54. The van der Waals surface area contributed by atoms with Crippen molar-refractivity contribution in [2.24, 2.45) is 0 Å². The van der Waals surface area contributed by atoms with Crippen molar-refractivity contribution in [2.75, 3.05) is 6.54 Å². The van der Waals surface area contributed by atoms with E-state index in [4.69, 9.17) is 0 Å². The highest BCUT2D eigenvalue weighted by atomic mass is 15.0. The van der Waals surface area contributed by atoms with Crippen LogP contribution >= 0.6 is 0 Å². The minimum Gasteiger partial charge on any atom is -0.320 e. The second kappa shape index (κ2) is 5.19. The van der Waals surface area contributed by atoms with Gasteiger partial charge in [0.1, 0.15) is 0 Å². The van der Waals surface area contributed by atoms with Crippen LogP contribution in [0.5, 0.6) is 0 Å². The fourth-order valence-electron chi connectivity index (χ4n) is 2.15. The Balaban J connectivity index is 2.35. The van der Waals surface area contributed by atoms with E-state index in [9.17, 15) is 0 Å². The molecule has 2 heteroatoms. The predicted molar refractivity (Wildman–Crippen MR) is 72.6 cm³/mol. The third-order valence-corrected chi connectivity index (χ3v) is 2.87. The molecule has 0 radical (unpaired) electrons. The smallest absolute Gasteiger partial charge is 0.0458 e. The molecule has 2 aromatic rings. The summed E-state index contributed by atoms with van der Waals surface area (Å²) in [5.41, 5.74) is 5.17. The summed E-state index contributed by atoms with van der Waals surface area (Å²) in [6.07, 6.45) is 2.13. The summed E-state index contributed by atoms with van der Waals surface area (Å²) >= 11 is 0. The van der Waals surface area contributed by atoms with E-state index >= 15 is 0 Å². The maximum Gasteiger partial charge on any atom is 0.0458 e. The van der Waals surface area contributed by atoms with Crippen LogP contribution in [0.15, 0.2) is 36.5 Å². The van der Waals surface area contributed by atoms with Crippen LogP contribution in [0.3, 0.4) is 0 Å². The average Bonchev–Trinajstić information content (AvgIpc) is 2.73. The number of rotatable bonds is 4. The van der Waals surface area contributed by atoms with E-state index < -0.39 is 0 Å². The van der Waals surface area contributed by atoms with Crippen LogP contribution in [0, 0.1) is 13.8 Å². The Morgan fingerprint density at radius 1 is 1.12 bits per heavy atom. The van der Waals surface area contributed by atoms with Gasteiger partial charge in [0.05, 0.1) is 0 Å². The van der Waals surface area contributed by atoms with Gasteiger partial charge >= 0.3 is 0 Å². The van der Waals surface area contributed by atoms with Crippen molar-refractivity contribution in [1.82, 2.24) is 9.88 Å². The molecule has 1 N–H and O–H groups in total. The van der Waals surface area contributed by atoms with Gasteiger partial charge in [-0.05, 0) is 55.8 Å². The monoisotopic (exact) mass is 228 g/mol. The second-order valence-corrected chi connectivity index (χ2v) is 4.50. The molecule has 1 aromatic heterocycles. The van der Waals surface area contributed by atoms with Crippen molar-refractivity contribution in [3.05, 3.63) is 53.3 Å². The third kappa shape index (κ3) is 2.77. The zero-order valence-corrected chi connectivity index (χ0v) is 10.8. The largest absolute Gasteiger partial charge is 0.320 e. The molecule has 0 aliphatic heterocycles. The standard InChI is InChI=1S/C15H20N2/c1-4-16-11-14-6-5-7-17(14)15-9-12(2)8-13(3)10-15/h5-10,16H,4,11H2,1-3H3. The number of nitrogens with one attached hydrogen (secondary N) is 1. The third-order valence-electron chi connectivity index (χ3n) is 2.87. The molecule has 2 rings (SSSR count). The summed E-state index contributed by atoms with van der Waals surface area (Å²) < 4.78 is 2.25. The maximum atomic E-state index is 3.37. The summed E-state index contributed by atoms with van der Waals surface area (Å²) in [5, 5.41) is 3.37. The molecule has 0 saturated carbocycles. The maximum absolute atomic E-state index is 3.37. The van der Waals surface area contributed by atoms with Crippen LogP contribution in [-0.4, -0.2) is 11.1 Å².